The Labute approximate surface area is 148 Å². The molecule has 0 saturated carbocycles. The van der Waals surface area contributed by atoms with Crippen LogP contribution in [0, 0.1) is 0 Å². The predicted molar refractivity (Wildman–Crippen MR) is 97.5 cm³/mol. The molecule has 0 aliphatic heterocycles. The van der Waals surface area contributed by atoms with Gasteiger partial charge in [-0.2, -0.15) is 0 Å². The maximum absolute atomic E-state index is 10.8. The zero-order chi connectivity index (χ0) is 17.2. The predicted octanol–water partition coefficient (Wildman–Crippen LogP) is 2.97. The van der Waals surface area contributed by atoms with Crippen molar-refractivity contribution in [3.63, 3.8) is 0 Å². The summed E-state index contributed by atoms with van der Waals surface area (Å²) in [5.74, 6) is 0.470. The standard InChI is InChI=1S/C19H23ClN2O2/c20-17-7-3-15(4-8-17)2-1-11-22-12-13-24-18-9-5-16(6-10-18)14-19(21)23/h3-10,22H,1-2,11-14H2,(H2,21,23). The minimum Gasteiger partial charge on any atom is -0.492 e. The van der Waals surface area contributed by atoms with Gasteiger partial charge in [0.25, 0.3) is 0 Å². The normalized spacial score (nSPS) is 10.5. The number of amides is 1. The summed E-state index contributed by atoms with van der Waals surface area (Å²) in [6.45, 7) is 2.35. The van der Waals surface area contributed by atoms with Crippen LogP contribution in [0.25, 0.3) is 0 Å². The minimum atomic E-state index is -0.327. The molecule has 0 aliphatic rings. The Kier molecular flexibility index (Phi) is 7.59. The molecule has 0 radical (unpaired) electrons. The Morgan fingerprint density at radius 1 is 1.00 bits per heavy atom. The van der Waals surface area contributed by atoms with Crippen molar-refractivity contribution in [1.29, 1.82) is 0 Å². The second kappa shape index (κ2) is 9.96. The lowest BCUT2D eigenvalue weighted by molar-refractivity contribution is -0.117. The van der Waals surface area contributed by atoms with Crippen molar-refractivity contribution in [3.05, 3.63) is 64.7 Å². The molecular formula is C19H23ClN2O2. The third-order valence-corrected chi connectivity index (χ3v) is 3.83. The van der Waals surface area contributed by atoms with Crippen LogP contribution in [-0.4, -0.2) is 25.6 Å². The van der Waals surface area contributed by atoms with Gasteiger partial charge in [0.05, 0.1) is 6.42 Å². The van der Waals surface area contributed by atoms with Gasteiger partial charge in [-0.15, -0.1) is 0 Å². The summed E-state index contributed by atoms with van der Waals surface area (Å²) in [6, 6.07) is 15.4. The Hall–Kier alpha value is -2.04. The molecule has 2 rings (SSSR count). The lowest BCUT2D eigenvalue weighted by atomic mass is 10.1. The van der Waals surface area contributed by atoms with Crippen LogP contribution in [0.1, 0.15) is 17.5 Å². The van der Waals surface area contributed by atoms with Gasteiger partial charge < -0.3 is 15.8 Å². The summed E-state index contributed by atoms with van der Waals surface area (Å²) in [6.07, 6.45) is 2.37. The summed E-state index contributed by atoms with van der Waals surface area (Å²) < 4.78 is 5.65. The maximum Gasteiger partial charge on any atom is 0.221 e. The van der Waals surface area contributed by atoms with Gasteiger partial charge in [-0.3, -0.25) is 4.79 Å². The number of aryl methyl sites for hydroxylation is 1. The summed E-state index contributed by atoms with van der Waals surface area (Å²) in [7, 11) is 0. The topological polar surface area (TPSA) is 64.4 Å². The third kappa shape index (κ3) is 7.02. The number of halogens is 1. The number of hydrogen-bond acceptors (Lipinski definition) is 3. The first-order valence-electron chi connectivity index (χ1n) is 8.09. The smallest absolute Gasteiger partial charge is 0.221 e. The second-order valence-corrected chi connectivity index (χ2v) is 6.05. The first-order chi connectivity index (χ1) is 11.6. The van der Waals surface area contributed by atoms with Gasteiger partial charge in [0, 0.05) is 11.6 Å². The van der Waals surface area contributed by atoms with E-state index >= 15 is 0 Å². The Bertz CT molecular complexity index is 627. The van der Waals surface area contributed by atoms with Gasteiger partial charge in [-0.05, 0) is 54.8 Å². The largest absolute Gasteiger partial charge is 0.492 e. The van der Waals surface area contributed by atoms with Gasteiger partial charge in [0.1, 0.15) is 12.4 Å². The molecule has 24 heavy (non-hydrogen) atoms. The molecule has 3 N–H and O–H groups in total. The van der Waals surface area contributed by atoms with Crippen LogP contribution >= 0.6 is 11.6 Å². The molecule has 4 nitrogen and oxygen atoms in total. The second-order valence-electron chi connectivity index (χ2n) is 5.62. The molecule has 1 amide bonds. The molecule has 0 bridgehead atoms. The van der Waals surface area contributed by atoms with Gasteiger partial charge in [0.2, 0.25) is 5.91 Å². The van der Waals surface area contributed by atoms with Crippen molar-refractivity contribution in [3.8, 4) is 5.75 Å². The number of nitrogens with one attached hydrogen (secondary N) is 1. The molecular weight excluding hydrogens is 324 g/mol. The van der Waals surface area contributed by atoms with Crippen LogP contribution < -0.4 is 15.8 Å². The molecule has 0 saturated heterocycles. The first-order valence-corrected chi connectivity index (χ1v) is 8.46. The van der Waals surface area contributed by atoms with Crippen LogP contribution in [-0.2, 0) is 17.6 Å². The summed E-state index contributed by atoms with van der Waals surface area (Å²) in [4.78, 5) is 10.8. The first kappa shape index (κ1) is 18.3. The van der Waals surface area contributed by atoms with Gasteiger partial charge >= 0.3 is 0 Å². The lowest BCUT2D eigenvalue weighted by Gasteiger charge is -2.08. The highest BCUT2D eigenvalue weighted by Crippen LogP contribution is 2.12. The fraction of sp³-hybridized carbons (Fsp3) is 0.316. The number of hydrogen-bond donors (Lipinski definition) is 2. The molecule has 0 atom stereocenters. The average Bonchev–Trinajstić information content (AvgIpc) is 2.56. The number of ether oxygens (including phenoxy) is 1. The van der Waals surface area contributed by atoms with Crippen molar-refractivity contribution in [2.24, 2.45) is 5.73 Å². The van der Waals surface area contributed by atoms with Crippen molar-refractivity contribution in [1.82, 2.24) is 5.32 Å². The quantitative estimate of drug-likeness (QED) is 0.650. The number of nitrogens with two attached hydrogens (primary N) is 1. The van der Waals surface area contributed by atoms with E-state index in [1.807, 2.05) is 36.4 Å². The van der Waals surface area contributed by atoms with E-state index < -0.39 is 0 Å². The van der Waals surface area contributed by atoms with E-state index in [-0.39, 0.29) is 12.3 Å². The molecule has 0 aliphatic carbocycles. The molecule has 128 valence electrons. The highest BCUT2D eigenvalue weighted by molar-refractivity contribution is 6.30. The van der Waals surface area contributed by atoms with Crippen molar-refractivity contribution in [2.75, 3.05) is 19.7 Å². The summed E-state index contributed by atoms with van der Waals surface area (Å²) >= 11 is 5.86. The fourth-order valence-corrected chi connectivity index (χ4v) is 2.47. The zero-order valence-electron chi connectivity index (χ0n) is 13.6. The monoisotopic (exact) mass is 346 g/mol. The van der Waals surface area contributed by atoms with E-state index in [0.29, 0.717) is 6.61 Å². The van der Waals surface area contributed by atoms with Crippen molar-refractivity contribution in [2.45, 2.75) is 19.3 Å². The van der Waals surface area contributed by atoms with Gasteiger partial charge in [-0.25, -0.2) is 0 Å². The SMILES string of the molecule is NC(=O)Cc1ccc(OCCNCCCc2ccc(Cl)cc2)cc1. The van der Waals surface area contributed by atoms with Gasteiger partial charge in [0.15, 0.2) is 0 Å². The van der Waals surface area contributed by atoms with Crippen molar-refractivity contribution < 1.29 is 9.53 Å². The number of benzene rings is 2. The number of carbonyl (C=O) groups is 1. The van der Waals surface area contributed by atoms with E-state index in [2.05, 4.69) is 17.4 Å². The molecule has 0 unspecified atom stereocenters. The summed E-state index contributed by atoms with van der Waals surface area (Å²) in [5.41, 5.74) is 7.36. The average molecular weight is 347 g/mol. The third-order valence-electron chi connectivity index (χ3n) is 3.58. The number of carbonyl (C=O) groups excluding carboxylic acids is 1. The fourth-order valence-electron chi connectivity index (χ4n) is 2.34. The molecule has 0 fully saturated rings. The molecule has 0 aromatic heterocycles. The van der Waals surface area contributed by atoms with Crippen molar-refractivity contribution >= 4 is 17.5 Å². The van der Waals surface area contributed by atoms with Crippen LogP contribution in [0.5, 0.6) is 5.75 Å². The van der Waals surface area contributed by atoms with Crippen LogP contribution in [0.3, 0.4) is 0 Å². The van der Waals surface area contributed by atoms with Crippen LogP contribution in [0.4, 0.5) is 0 Å². The summed E-state index contributed by atoms with van der Waals surface area (Å²) in [5, 5.41) is 4.14. The highest BCUT2D eigenvalue weighted by atomic mass is 35.5. The van der Waals surface area contributed by atoms with E-state index in [9.17, 15) is 4.79 Å². The van der Waals surface area contributed by atoms with E-state index in [1.165, 1.54) is 5.56 Å². The minimum absolute atomic E-state index is 0.259. The van der Waals surface area contributed by atoms with Crippen LogP contribution in [0.15, 0.2) is 48.5 Å². The van der Waals surface area contributed by atoms with E-state index in [0.717, 1.165) is 42.3 Å². The Balaban J connectivity index is 1.54. The van der Waals surface area contributed by atoms with Gasteiger partial charge in [-0.1, -0.05) is 35.9 Å². The Morgan fingerprint density at radius 3 is 2.33 bits per heavy atom. The number of primary amides is 1. The van der Waals surface area contributed by atoms with E-state index in [4.69, 9.17) is 22.1 Å². The molecule has 2 aromatic rings. The molecule has 5 heteroatoms. The number of rotatable bonds is 10. The molecule has 0 heterocycles. The molecule has 0 spiro atoms. The highest BCUT2D eigenvalue weighted by Gasteiger charge is 1.99. The molecule has 2 aromatic carbocycles. The lowest BCUT2D eigenvalue weighted by Crippen LogP contribution is -2.22. The maximum atomic E-state index is 10.8. The van der Waals surface area contributed by atoms with E-state index in [1.54, 1.807) is 0 Å². The van der Waals surface area contributed by atoms with Crippen LogP contribution in [0.2, 0.25) is 5.02 Å². The Morgan fingerprint density at radius 2 is 1.67 bits per heavy atom. The zero-order valence-corrected chi connectivity index (χ0v) is 14.4.